The van der Waals surface area contributed by atoms with Gasteiger partial charge in [0, 0.05) is 64.7 Å². The van der Waals surface area contributed by atoms with Crippen LogP contribution in [0.25, 0.3) is 0 Å². The number of aliphatic hydroxyl groups is 1. The van der Waals surface area contributed by atoms with Gasteiger partial charge in [0.2, 0.25) is 0 Å². The van der Waals surface area contributed by atoms with Crippen molar-refractivity contribution in [3.8, 4) is 0 Å². The van der Waals surface area contributed by atoms with E-state index in [1.54, 1.807) is 0 Å². The van der Waals surface area contributed by atoms with Crippen molar-refractivity contribution in [1.29, 1.82) is 0 Å². The van der Waals surface area contributed by atoms with Gasteiger partial charge in [-0.2, -0.15) is 5.10 Å². The van der Waals surface area contributed by atoms with Gasteiger partial charge in [-0.15, -0.1) is 0 Å². The molecule has 3 heterocycles. The Morgan fingerprint density at radius 1 is 1.33 bits per heavy atom. The third-order valence-electron chi connectivity index (χ3n) is 4.74. The third kappa shape index (κ3) is 5.53. The van der Waals surface area contributed by atoms with E-state index in [0.29, 0.717) is 19.8 Å². The van der Waals surface area contributed by atoms with E-state index in [0.717, 1.165) is 52.2 Å². The lowest BCUT2D eigenvalue weighted by molar-refractivity contribution is -0.0287. The number of aryl methyl sites for hydroxylation is 1. The molecule has 2 aliphatic heterocycles. The van der Waals surface area contributed by atoms with E-state index in [9.17, 15) is 5.11 Å². The summed E-state index contributed by atoms with van der Waals surface area (Å²) in [5, 5.41) is 14.4. The van der Waals surface area contributed by atoms with Crippen LogP contribution in [0.2, 0.25) is 0 Å². The second-order valence-corrected chi connectivity index (χ2v) is 6.93. The topological polar surface area (TPSA) is 63.0 Å². The summed E-state index contributed by atoms with van der Waals surface area (Å²) in [4.78, 5) is 4.76. The molecule has 2 fully saturated rings. The highest BCUT2D eigenvalue weighted by molar-refractivity contribution is 5.03. The van der Waals surface area contributed by atoms with E-state index in [1.807, 2.05) is 17.9 Å². The first-order valence-corrected chi connectivity index (χ1v) is 8.98. The van der Waals surface area contributed by atoms with E-state index in [-0.39, 0.29) is 6.10 Å². The summed E-state index contributed by atoms with van der Waals surface area (Å²) in [5.41, 5.74) is 1.26. The van der Waals surface area contributed by atoms with Gasteiger partial charge in [-0.1, -0.05) is 0 Å². The summed E-state index contributed by atoms with van der Waals surface area (Å²) in [5.74, 6) is 0. The maximum absolute atomic E-state index is 10.1. The average Bonchev–Trinajstić information content (AvgIpc) is 3.21. The first-order chi connectivity index (χ1) is 11.7. The van der Waals surface area contributed by atoms with Crippen molar-refractivity contribution in [2.45, 2.75) is 31.6 Å². The van der Waals surface area contributed by atoms with Crippen molar-refractivity contribution in [1.82, 2.24) is 19.6 Å². The van der Waals surface area contributed by atoms with Crippen LogP contribution < -0.4 is 0 Å². The summed E-state index contributed by atoms with van der Waals surface area (Å²) < 4.78 is 13.0. The Morgan fingerprint density at radius 3 is 2.79 bits per heavy atom. The van der Waals surface area contributed by atoms with Crippen LogP contribution in [0.15, 0.2) is 12.4 Å². The van der Waals surface area contributed by atoms with Gasteiger partial charge in [-0.3, -0.25) is 14.5 Å². The van der Waals surface area contributed by atoms with E-state index >= 15 is 0 Å². The van der Waals surface area contributed by atoms with E-state index in [2.05, 4.69) is 21.1 Å². The van der Waals surface area contributed by atoms with Crippen molar-refractivity contribution in [2.75, 3.05) is 52.5 Å². The Bertz CT molecular complexity index is 482. The third-order valence-corrected chi connectivity index (χ3v) is 4.74. The van der Waals surface area contributed by atoms with Crippen LogP contribution in [-0.2, 0) is 23.1 Å². The molecule has 2 aliphatic rings. The molecule has 0 aliphatic carbocycles. The standard InChI is InChI=1S/C17H30N4O3/c1-19-10-15(9-18-19)11-20-4-6-21(7-5-20)12-16(22)13-23-14-17-3-2-8-24-17/h9-10,16-17,22H,2-8,11-14H2,1H3. The molecule has 7 heteroatoms. The van der Waals surface area contributed by atoms with E-state index < -0.39 is 6.10 Å². The number of β-amino-alcohol motifs (C(OH)–C–C–N with tert-alkyl or cyclic N) is 1. The second-order valence-electron chi connectivity index (χ2n) is 6.93. The summed E-state index contributed by atoms with van der Waals surface area (Å²) in [6, 6.07) is 0. The Balaban J connectivity index is 1.28. The summed E-state index contributed by atoms with van der Waals surface area (Å²) in [6.07, 6.45) is 6.02. The van der Waals surface area contributed by atoms with Gasteiger partial charge in [0.1, 0.15) is 0 Å². The van der Waals surface area contributed by atoms with Crippen LogP contribution in [0.5, 0.6) is 0 Å². The van der Waals surface area contributed by atoms with Gasteiger partial charge in [0.15, 0.2) is 0 Å². The predicted octanol–water partition coefficient (Wildman–Crippen LogP) is 0.0942. The predicted molar refractivity (Wildman–Crippen MR) is 90.7 cm³/mol. The van der Waals surface area contributed by atoms with Crippen LogP contribution in [0.1, 0.15) is 18.4 Å². The molecule has 136 valence electrons. The number of nitrogens with zero attached hydrogens (tertiary/aromatic N) is 4. The van der Waals surface area contributed by atoms with Crippen LogP contribution >= 0.6 is 0 Å². The van der Waals surface area contributed by atoms with Crippen molar-refractivity contribution in [3.05, 3.63) is 18.0 Å². The summed E-state index contributed by atoms with van der Waals surface area (Å²) >= 11 is 0. The molecule has 0 spiro atoms. The smallest absolute Gasteiger partial charge is 0.0900 e. The highest BCUT2D eigenvalue weighted by atomic mass is 16.5. The molecule has 3 rings (SSSR count). The maximum atomic E-state index is 10.1. The van der Waals surface area contributed by atoms with Gasteiger partial charge < -0.3 is 14.6 Å². The molecular weight excluding hydrogens is 308 g/mol. The first-order valence-electron chi connectivity index (χ1n) is 8.98. The zero-order valence-electron chi connectivity index (χ0n) is 14.6. The molecular formula is C17H30N4O3. The van der Waals surface area contributed by atoms with Crippen molar-refractivity contribution in [2.24, 2.45) is 7.05 Å². The summed E-state index contributed by atoms with van der Waals surface area (Å²) in [6.45, 7) is 7.52. The Morgan fingerprint density at radius 2 is 2.12 bits per heavy atom. The minimum absolute atomic E-state index is 0.230. The molecule has 0 amide bonds. The Labute approximate surface area is 144 Å². The zero-order valence-corrected chi connectivity index (χ0v) is 14.6. The quantitative estimate of drug-likeness (QED) is 0.725. The fourth-order valence-electron chi connectivity index (χ4n) is 3.40. The van der Waals surface area contributed by atoms with Gasteiger partial charge in [-0.05, 0) is 12.8 Å². The zero-order chi connectivity index (χ0) is 16.8. The number of aromatic nitrogens is 2. The van der Waals surface area contributed by atoms with Crippen LogP contribution in [0.3, 0.4) is 0 Å². The molecule has 2 atom stereocenters. The summed E-state index contributed by atoms with van der Waals surface area (Å²) in [7, 11) is 1.95. The first kappa shape index (κ1) is 17.8. The van der Waals surface area contributed by atoms with Gasteiger partial charge in [-0.25, -0.2) is 0 Å². The molecule has 2 unspecified atom stereocenters. The number of rotatable bonds is 8. The highest BCUT2D eigenvalue weighted by Gasteiger charge is 2.20. The van der Waals surface area contributed by atoms with Crippen LogP contribution in [0.4, 0.5) is 0 Å². The molecule has 1 aromatic rings. The van der Waals surface area contributed by atoms with Gasteiger partial charge in [0.25, 0.3) is 0 Å². The lowest BCUT2D eigenvalue weighted by atomic mass is 10.2. The molecule has 0 saturated carbocycles. The largest absolute Gasteiger partial charge is 0.389 e. The monoisotopic (exact) mass is 338 g/mol. The molecule has 0 radical (unpaired) electrons. The lowest BCUT2D eigenvalue weighted by Gasteiger charge is -2.35. The normalized spacial score (nSPS) is 24.5. The number of aliphatic hydroxyl groups excluding tert-OH is 1. The Kier molecular flexibility index (Phi) is 6.62. The maximum Gasteiger partial charge on any atom is 0.0900 e. The SMILES string of the molecule is Cn1cc(CN2CCN(CC(O)COCC3CCCO3)CC2)cn1. The molecule has 7 nitrogen and oxygen atoms in total. The van der Waals surface area contributed by atoms with Crippen LogP contribution in [-0.4, -0.2) is 89.4 Å². The molecule has 0 aromatic carbocycles. The molecule has 2 saturated heterocycles. The number of ether oxygens (including phenoxy) is 2. The lowest BCUT2D eigenvalue weighted by Crippen LogP contribution is -2.48. The molecule has 1 aromatic heterocycles. The fraction of sp³-hybridized carbons (Fsp3) is 0.824. The van der Waals surface area contributed by atoms with Gasteiger partial charge >= 0.3 is 0 Å². The van der Waals surface area contributed by atoms with Crippen molar-refractivity contribution < 1.29 is 14.6 Å². The number of hydrogen-bond acceptors (Lipinski definition) is 6. The minimum atomic E-state index is -0.420. The minimum Gasteiger partial charge on any atom is -0.389 e. The number of hydrogen-bond donors (Lipinski definition) is 1. The van der Waals surface area contributed by atoms with E-state index in [1.165, 1.54) is 5.56 Å². The van der Waals surface area contributed by atoms with Crippen LogP contribution in [0, 0.1) is 0 Å². The van der Waals surface area contributed by atoms with Crippen molar-refractivity contribution >= 4 is 0 Å². The Hall–Kier alpha value is -0.990. The average molecular weight is 338 g/mol. The highest BCUT2D eigenvalue weighted by Crippen LogP contribution is 2.12. The van der Waals surface area contributed by atoms with Gasteiger partial charge in [0.05, 0.1) is 31.6 Å². The molecule has 1 N–H and O–H groups in total. The molecule has 24 heavy (non-hydrogen) atoms. The fourth-order valence-corrected chi connectivity index (χ4v) is 3.40. The van der Waals surface area contributed by atoms with E-state index in [4.69, 9.17) is 9.47 Å². The van der Waals surface area contributed by atoms with Crippen molar-refractivity contribution in [3.63, 3.8) is 0 Å². The number of piperazine rings is 1. The second kappa shape index (κ2) is 8.92. The molecule has 0 bridgehead atoms.